The zero-order chi connectivity index (χ0) is 24.1. The first-order valence-corrected chi connectivity index (χ1v) is 12.6. The van der Waals surface area contributed by atoms with E-state index in [-0.39, 0.29) is 0 Å². The van der Waals surface area contributed by atoms with E-state index in [0.717, 1.165) is 71.3 Å². The molecule has 1 aromatic heterocycles. The van der Waals surface area contributed by atoms with Crippen LogP contribution in [-0.4, -0.2) is 28.8 Å². The van der Waals surface area contributed by atoms with Gasteiger partial charge in [0.25, 0.3) is 0 Å². The number of benzene rings is 2. The molecule has 35 heavy (non-hydrogen) atoms. The Labute approximate surface area is 204 Å². The van der Waals surface area contributed by atoms with Crippen molar-refractivity contribution in [3.05, 3.63) is 93.3 Å². The predicted molar refractivity (Wildman–Crippen MR) is 136 cm³/mol. The first-order chi connectivity index (χ1) is 16.9. The number of hydrogen-bond donors (Lipinski definition) is 0. The molecular weight excluding hydrogens is 441 g/mol. The molecule has 2 aliphatic carbocycles. The second-order valence-corrected chi connectivity index (χ2v) is 10.1. The Morgan fingerprint density at radius 2 is 1.69 bits per heavy atom. The van der Waals surface area contributed by atoms with Gasteiger partial charge >= 0.3 is 6.97 Å². The Kier molecular flexibility index (Phi) is 4.22. The second kappa shape index (κ2) is 7.06. The van der Waals surface area contributed by atoms with Gasteiger partial charge in [0.1, 0.15) is 5.75 Å². The van der Waals surface area contributed by atoms with Crippen molar-refractivity contribution in [1.29, 1.82) is 0 Å². The minimum Gasteiger partial charge on any atom is -0.497 e. The van der Waals surface area contributed by atoms with E-state index < -0.39 is 6.97 Å². The van der Waals surface area contributed by atoms with Crippen molar-refractivity contribution in [1.82, 2.24) is 4.48 Å². The Hall–Kier alpha value is -3.41. The lowest BCUT2D eigenvalue weighted by molar-refractivity contribution is -0.361. The maximum absolute atomic E-state index is 16.8. The van der Waals surface area contributed by atoms with Gasteiger partial charge in [0.2, 0.25) is 0 Å². The Morgan fingerprint density at radius 1 is 0.943 bits per heavy atom. The van der Waals surface area contributed by atoms with Crippen LogP contribution in [0.5, 0.6) is 5.75 Å². The van der Waals surface area contributed by atoms with E-state index in [1.165, 1.54) is 20.1 Å². The number of allylic oxidation sites excluding steroid dienone is 3. The number of rotatable bonds is 2. The molecule has 0 saturated heterocycles. The van der Waals surface area contributed by atoms with Gasteiger partial charge in [-0.3, -0.25) is 0 Å². The van der Waals surface area contributed by atoms with E-state index >= 15 is 8.63 Å². The summed E-state index contributed by atoms with van der Waals surface area (Å²) >= 11 is 0. The van der Waals surface area contributed by atoms with Crippen LogP contribution in [0, 0.1) is 0 Å². The topological polar surface area (TPSA) is 17.2 Å². The van der Waals surface area contributed by atoms with Crippen LogP contribution < -0.4 is 4.74 Å². The van der Waals surface area contributed by atoms with Crippen LogP contribution in [0.3, 0.4) is 0 Å². The lowest BCUT2D eigenvalue weighted by Crippen LogP contribution is -2.51. The first kappa shape index (κ1) is 20.9. The zero-order valence-electron chi connectivity index (χ0n) is 20.3. The molecule has 6 heteroatoms. The molecule has 4 aliphatic rings. The summed E-state index contributed by atoms with van der Waals surface area (Å²) in [6, 6.07) is 14.2. The highest BCUT2D eigenvalue weighted by atomic mass is 19.2. The summed E-state index contributed by atoms with van der Waals surface area (Å²) < 4.78 is 41.8. The lowest BCUT2D eigenvalue weighted by Gasteiger charge is -2.34. The third kappa shape index (κ3) is 2.68. The van der Waals surface area contributed by atoms with Crippen molar-refractivity contribution < 1.29 is 17.9 Å². The molecule has 0 spiro atoms. The summed E-state index contributed by atoms with van der Waals surface area (Å²) in [7, 11) is 1.64. The summed E-state index contributed by atoms with van der Waals surface area (Å²) in [5, 5.41) is 0. The number of halogens is 2. The van der Waals surface area contributed by atoms with Crippen molar-refractivity contribution >= 4 is 18.3 Å². The van der Waals surface area contributed by atoms with Crippen LogP contribution in [0.1, 0.15) is 53.8 Å². The molecule has 3 nitrogen and oxygen atoms in total. The second-order valence-electron chi connectivity index (χ2n) is 10.1. The molecule has 2 aromatic carbocycles. The zero-order valence-corrected chi connectivity index (χ0v) is 20.3. The third-order valence-electron chi connectivity index (χ3n) is 8.35. The fourth-order valence-corrected chi connectivity index (χ4v) is 6.59. The van der Waals surface area contributed by atoms with Crippen molar-refractivity contribution in [2.24, 2.45) is 0 Å². The van der Waals surface area contributed by atoms with Gasteiger partial charge < -0.3 is 22.3 Å². The van der Waals surface area contributed by atoms with Crippen molar-refractivity contribution in [2.45, 2.75) is 46.0 Å². The van der Waals surface area contributed by atoms with Crippen LogP contribution in [0.25, 0.3) is 16.8 Å². The molecule has 7 rings (SSSR count). The van der Waals surface area contributed by atoms with Gasteiger partial charge in [0, 0.05) is 34.2 Å². The first-order valence-electron chi connectivity index (χ1n) is 12.6. The fourth-order valence-electron chi connectivity index (χ4n) is 6.59. The summed E-state index contributed by atoms with van der Waals surface area (Å²) in [6.07, 6.45) is 6.23. The van der Waals surface area contributed by atoms with E-state index in [2.05, 4.69) is 25.1 Å². The highest BCUT2D eigenvalue weighted by Gasteiger charge is 2.56. The third-order valence-corrected chi connectivity index (χ3v) is 8.35. The number of fused-ring (bicyclic) bond motifs is 9. The minimum atomic E-state index is -4.08. The normalized spacial score (nSPS) is 18.8. The summed E-state index contributed by atoms with van der Waals surface area (Å²) in [4.78, 5) is 0. The summed E-state index contributed by atoms with van der Waals surface area (Å²) in [5.74, 6) is 0.766. The number of aromatic nitrogens is 1. The van der Waals surface area contributed by atoms with Crippen LogP contribution in [-0.2, 0) is 25.7 Å². The van der Waals surface area contributed by atoms with Crippen LogP contribution in [0.4, 0.5) is 8.63 Å². The monoisotopic (exact) mass is 468 g/mol. The molecule has 2 aliphatic heterocycles. The van der Waals surface area contributed by atoms with Gasteiger partial charge in [0.05, 0.1) is 7.11 Å². The smallest absolute Gasteiger partial charge is 0.497 e. The van der Waals surface area contributed by atoms with Gasteiger partial charge in [-0.1, -0.05) is 25.1 Å². The van der Waals surface area contributed by atoms with Crippen molar-refractivity contribution in [3.8, 4) is 17.0 Å². The molecule has 0 radical (unpaired) electrons. The average Bonchev–Trinajstić information content (AvgIpc) is 3.47. The number of hydrogen-bond acceptors (Lipinski definition) is 1. The fraction of sp³-hybridized carbons (Fsp3) is 0.276. The average molecular weight is 468 g/mol. The molecule has 0 N–H and O–H groups in total. The van der Waals surface area contributed by atoms with Gasteiger partial charge in [-0.15, -0.1) is 0 Å². The quantitative estimate of drug-likeness (QED) is 0.411. The molecule has 176 valence electrons. The summed E-state index contributed by atoms with van der Waals surface area (Å²) in [6.45, 7) is 0.0491. The highest BCUT2D eigenvalue weighted by molar-refractivity contribution is 6.59. The molecule has 0 bridgehead atoms. The number of ether oxygens (including phenoxy) is 1. The van der Waals surface area contributed by atoms with Crippen LogP contribution in [0.15, 0.2) is 59.8 Å². The molecular formula is C29H27BF2N2O. The van der Waals surface area contributed by atoms with Crippen LogP contribution >= 0.6 is 0 Å². The van der Waals surface area contributed by atoms with E-state index in [1.807, 2.05) is 37.3 Å². The molecule has 3 heterocycles. The van der Waals surface area contributed by atoms with Gasteiger partial charge in [0.15, 0.2) is 11.4 Å². The molecule has 0 fully saturated rings. The summed E-state index contributed by atoms with van der Waals surface area (Å²) in [5.41, 5.74) is 11.0. The van der Waals surface area contributed by atoms with Gasteiger partial charge in [-0.2, -0.15) is 0 Å². The number of methoxy groups -OCH3 is 1. The highest BCUT2D eigenvalue weighted by Crippen LogP contribution is 2.47. The maximum Gasteiger partial charge on any atom is 0.737 e. The Bertz CT molecular complexity index is 1560. The van der Waals surface area contributed by atoms with E-state index in [1.54, 1.807) is 7.11 Å². The largest absolute Gasteiger partial charge is 0.737 e. The molecule has 0 unspecified atom stereocenters. The van der Waals surface area contributed by atoms with Gasteiger partial charge in [-0.05, 0) is 91.1 Å². The van der Waals surface area contributed by atoms with E-state index in [9.17, 15) is 0 Å². The van der Waals surface area contributed by atoms with Crippen molar-refractivity contribution in [3.63, 3.8) is 0 Å². The molecule has 0 atom stereocenters. The van der Waals surface area contributed by atoms with E-state index in [4.69, 9.17) is 4.74 Å². The predicted octanol–water partition coefficient (Wildman–Crippen LogP) is 6.18. The number of aryl methyl sites for hydroxylation is 4. The van der Waals surface area contributed by atoms with Crippen molar-refractivity contribution in [2.75, 3.05) is 7.11 Å². The van der Waals surface area contributed by atoms with Crippen LogP contribution in [0.2, 0.25) is 0 Å². The van der Waals surface area contributed by atoms with Gasteiger partial charge in [-0.25, -0.2) is 0 Å². The number of nitrogens with zero attached hydrogens (tertiary/aromatic N) is 2. The standard InChI is InChI=1S/C29H27BF2N2O/c1-4-18-5-11-24-19(13-18)6-8-21-15-26-17(2)27-16-22-9-7-20-14-23(35-3)10-12-25(20)29(22)34(27)30(31,32)33(26)28(21)24/h5,10-16H,4,6-9H2,1-3H3. The molecule has 0 amide bonds. The minimum absolute atomic E-state index is 0.646. The molecule has 0 saturated carbocycles. The Balaban J connectivity index is 1.50. The molecule has 3 aromatic rings. The SMILES string of the molecule is CCc1ccc2c(c1)CCc1cc3n(c1-2)[B-](F)(F)[N+]1=C2C(=CC1=C3C)CCc1cc(OC)ccc12. The maximum atomic E-state index is 16.8. The van der Waals surface area contributed by atoms with E-state index in [0.29, 0.717) is 22.8 Å². The lowest BCUT2D eigenvalue weighted by atomic mass is 9.83. The Morgan fingerprint density at radius 3 is 2.49 bits per heavy atom.